The molecule has 4 rings (SSSR count). The fraction of sp³-hybridized carbons (Fsp3) is 0.421. The van der Waals surface area contributed by atoms with Crippen LogP contribution in [0.1, 0.15) is 41.1 Å². The normalized spacial score (nSPS) is 21.3. The summed E-state index contributed by atoms with van der Waals surface area (Å²) >= 11 is 0. The SMILES string of the molecule is Cn1cc(NC(=O)c2ccc(C3CC3N(CC3CC3)C(=O)O)cc2)cn1. The van der Waals surface area contributed by atoms with Crippen LogP contribution in [0, 0.1) is 5.92 Å². The number of hydrogen-bond acceptors (Lipinski definition) is 3. The number of amides is 2. The zero-order chi connectivity index (χ0) is 18.3. The molecular formula is C19H22N4O3. The molecule has 1 heterocycles. The summed E-state index contributed by atoms with van der Waals surface area (Å²) < 4.78 is 1.63. The summed E-state index contributed by atoms with van der Waals surface area (Å²) in [5, 5.41) is 16.3. The monoisotopic (exact) mass is 354 g/mol. The van der Waals surface area contributed by atoms with Gasteiger partial charge in [-0.1, -0.05) is 12.1 Å². The smallest absolute Gasteiger partial charge is 0.407 e. The van der Waals surface area contributed by atoms with Crippen molar-refractivity contribution < 1.29 is 14.7 Å². The van der Waals surface area contributed by atoms with E-state index in [0.717, 1.165) is 24.8 Å². The van der Waals surface area contributed by atoms with Crippen LogP contribution in [0.2, 0.25) is 0 Å². The Kier molecular flexibility index (Phi) is 4.14. The molecule has 2 aliphatic carbocycles. The molecule has 2 fully saturated rings. The number of aromatic nitrogens is 2. The summed E-state index contributed by atoms with van der Waals surface area (Å²) in [7, 11) is 1.79. The van der Waals surface area contributed by atoms with E-state index in [1.54, 1.807) is 41.2 Å². The molecule has 1 aromatic carbocycles. The van der Waals surface area contributed by atoms with Crippen molar-refractivity contribution in [3.05, 3.63) is 47.8 Å². The minimum absolute atomic E-state index is 0.0724. The summed E-state index contributed by atoms with van der Waals surface area (Å²) in [6, 6.07) is 7.52. The van der Waals surface area contributed by atoms with Gasteiger partial charge < -0.3 is 15.3 Å². The second kappa shape index (κ2) is 6.48. The number of anilines is 1. The van der Waals surface area contributed by atoms with Gasteiger partial charge in [-0.05, 0) is 42.9 Å². The third-order valence-corrected chi connectivity index (χ3v) is 5.12. The highest BCUT2D eigenvalue weighted by molar-refractivity contribution is 6.04. The highest BCUT2D eigenvalue weighted by Gasteiger charge is 2.46. The van der Waals surface area contributed by atoms with Gasteiger partial charge in [-0.2, -0.15) is 5.10 Å². The van der Waals surface area contributed by atoms with Crippen molar-refractivity contribution in [3.8, 4) is 0 Å². The van der Waals surface area contributed by atoms with Gasteiger partial charge in [-0.15, -0.1) is 0 Å². The predicted octanol–water partition coefficient (Wildman–Crippen LogP) is 2.92. The van der Waals surface area contributed by atoms with Gasteiger partial charge in [0, 0.05) is 37.3 Å². The van der Waals surface area contributed by atoms with Crippen LogP contribution < -0.4 is 5.32 Å². The zero-order valence-corrected chi connectivity index (χ0v) is 14.6. The summed E-state index contributed by atoms with van der Waals surface area (Å²) in [5.74, 6) is 0.601. The van der Waals surface area contributed by atoms with E-state index in [0.29, 0.717) is 23.7 Å². The lowest BCUT2D eigenvalue weighted by atomic mass is 10.1. The number of nitrogens with one attached hydrogen (secondary N) is 1. The maximum Gasteiger partial charge on any atom is 0.407 e. The molecule has 26 heavy (non-hydrogen) atoms. The summed E-state index contributed by atoms with van der Waals surface area (Å²) in [6.45, 7) is 0.655. The molecule has 0 aliphatic heterocycles. The molecule has 2 aliphatic rings. The molecule has 7 heteroatoms. The number of nitrogens with zero attached hydrogens (tertiary/aromatic N) is 3. The maximum atomic E-state index is 12.3. The number of carbonyl (C=O) groups excluding carboxylic acids is 1. The fourth-order valence-corrected chi connectivity index (χ4v) is 3.39. The highest BCUT2D eigenvalue weighted by Crippen LogP contribution is 2.46. The Hall–Kier alpha value is -2.83. The number of carboxylic acid groups (broad SMARTS) is 1. The van der Waals surface area contributed by atoms with Crippen LogP contribution in [0.5, 0.6) is 0 Å². The number of hydrogen-bond donors (Lipinski definition) is 2. The van der Waals surface area contributed by atoms with Crippen LogP contribution in [-0.4, -0.2) is 44.4 Å². The average Bonchev–Trinajstić information content (AvgIpc) is 3.52. The van der Waals surface area contributed by atoms with Gasteiger partial charge >= 0.3 is 6.09 Å². The first-order chi connectivity index (χ1) is 12.5. The van der Waals surface area contributed by atoms with E-state index in [-0.39, 0.29) is 17.9 Å². The Labute approximate surface area is 151 Å². The molecule has 2 amide bonds. The molecule has 2 N–H and O–H groups in total. The van der Waals surface area contributed by atoms with Crippen molar-refractivity contribution in [2.75, 3.05) is 11.9 Å². The molecule has 2 saturated carbocycles. The van der Waals surface area contributed by atoms with Gasteiger partial charge in [0.05, 0.1) is 11.9 Å². The van der Waals surface area contributed by atoms with Crippen LogP contribution in [-0.2, 0) is 7.05 Å². The minimum Gasteiger partial charge on any atom is -0.465 e. The van der Waals surface area contributed by atoms with E-state index in [4.69, 9.17) is 0 Å². The van der Waals surface area contributed by atoms with Crippen molar-refractivity contribution in [2.45, 2.75) is 31.2 Å². The molecule has 136 valence electrons. The lowest BCUT2D eigenvalue weighted by molar-refractivity contribution is 0.102. The van der Waals surface area contributed by atoms with Gasteiger partial charge in [0.2, 0.25) is 0 Å². The molecule has 1 aromatic heterocycles. The summed E-state index contributed by atoms with van der Waals surface area (Å²) in [6.07, 6.45) is 5.66. The quantitative estimate of drug-likeness (QED) is 0.835. The Morgan fingerprint density at radius 2 is 2.04 bits per heavy atom. The predicted molar refractivity (Wildman–Crippen MR) is 96.2 cm³/mol. The van der Waals surface area contributed by atoms with Crippen molar-refractivity contribution in [3.63, 3.8) is 0 Å². The van der Waals surface area contributed by atoms with Gasteiger partial charge in [0.25, 0.3) is 5.91 Å². The van der Waals surface area contributed by atoms with Crippen molar-refractivity contribution in [1.29, 1.82) is 0 Å². The van der Waals surface area contributed by atoms with Crippen molar-refractivity contribution >= 4 is 17.7 Å². The average molecular weight is 354 g/mol. The van der Waals surface area contributed by atoms with E-state index in [9.17, 15) is 14.7 Å². The van der Waals surface area contributed by atoms with Crippen molar-refractivity contribution in [2.24, 2.45) is 13.0 Å². The van der Waals surface area contributed by atoms with Crippen LogP contribution in [0.3, 0.4) is 0 Å². The molecule has 0 radical (unpaired) electrons. The van der Waals surface area contributed by atoms with Gasteiger partial charge in [0.1, 0.15) is 0 Å². The number of rotatable bonds is 6. The Balaban J connectivity index is 1.38. The van der Waals surface area contributed by atoms with E-state index in [1.807, 2.05) is 12.1 Å². The molecule has 0 saturated heterocycles. The lowest BCUT2D eigenvalue weighted by Gasteiger charge is -2.19. The molecule has 2 unspecified atom stereocenters. The number of aryl methyl sites for hydroxylation is 1. The molecule has 2 atom stereocenters. The minimum atomic E-state index is -0.822. The standard InChI is InChI=1S/C19H22N4O3/c1-22-11-15(9-20-22)21-18(24)14-6-4-13(5-7-14)16-8-17(16)23(19(25)26)10-12-2-3-12/h4-7,9,11-12,16-17H,2-3,8,10H2,1H3,(H,21,24)(H,25,26). The van der Waals surface area contributed by atoms with Crippen molar-refractivity contribution in [1.82, 2.24) is 14.7 Å². The molecule has 0 bridgehead atoms. The van der Waals surface area contributed by atoms with Crippen LogP contribution in [0.25, 0.3) is 0 Å². The first-order valence-electron chi connectivity index (χ1n) is 8.91. The van der Waals surface area contributed by atoms with Crippen LogP contribution in [0.15, 0.2) is 36.7 Å². The largest absolute Gasteiger partial charge is 0.465 e. The van der Waals surface area contributed by atoms with Crippen LogP contribution >= 0.6 is 0 Å². The Morgan fingerprint density at radius 3 is 2.62 bits per heavy atom. The first kappa shape index (κ1) is 16.6. The first-order valence-corrected chi connectivity index (χ1v) is 8.91. The molecule has 0 spiro atoms. The van der Waals surface area contributed by atoms with E-state index >= 15 is 0 Å². The number of carbonyl (C=O) groups is 2. The van der Waals surface area contributed by atoms with E-state index in [1.165, 1.54) is 0 Å². The van der Waals surface area contributed by atoms with E-state index < -0.39 is 6.09 Å². The molecule has 2 aromatic rings. The Bertz CT molecular complexity index is 826. The number of benzene rings is 1. The topological polar surface area (TPSA) is 87.5 Å². The second-order valence-electron chi connectivity index (χ2n) is 7.27. The van der Waals surface area contributed by atoms with Crippen LogP contribution in [0.4, 0.5) is 10.5 Å². The second-order valence-corrected chi connectivity index (χ2v) is 7.27. The molecular weight excluding hydrogens is 332 g/mol. The van der Waals surface area contributed by atoms with Gasteiger partial charge in [0.15, 0.2) is 0 Å². The Morgan fingerprint density at radius 1 is 1.31 bits per heavy atom. The van der Waals surface area contributed by atoms with E-state index in [2.05, 4.69) is 10.4 Å². The summed E-state index contributed by atoms with van der Waals surface area (Å²) in [5.41, 5.74) is 2.32. The zero-order valence-electron chi connectivity index (χ0n) is 14.6. The summed E-state index contributed by atoms with van der Waals surface area (Å²) in [4.78, 5) is 25.4. The third kappa shape index (κ3) is 3.56. The maximum absolute atomic E-state index is 12.3. The highest BCUT2D eigenvalue weighted by atomic mass is 16.4. The lowest BCUT2D eigenvalue weighted by Crippen LogP contribution is -2.34. The van der Waals surface area contributed by atoms with Gasteiger partial charge in [-0.25, -0.2) is 4.79 Å². The van der Waals surface area contributed by atoms with Gasteiger partial charge in [-0.3, -0.25) is 9.48 Å². The fourth-order valence-electron chi connectivity index (χ4n) is 3.39. The third-order valence-electron chi connectivity index (χ3n) is 5.12. The molecule has 7 nitrogen and oxygen atoms in total.